The van der Waals surface area contributed by atoms with E-state index in [0.717, 1.165) is 28.3 Å². The van der Waals surface area contributed by atoms with E-state index in [1.807, 2.05) is 0 Å². The fraction of sp³-hybridized carbons (Fsp3) is 0.0638. The first-order valence-electron chi connectivity index (χ1n) is 17.2. The molecule has 50 heavy (non-hydrogen) atoms. The van der Waals surface area contributed by atoms with Crippen molar-refractivity contribution in [3.63, 3.8) is 0 Å². The number of hydrogen-bond acceptors (Lipinski definition) is 2. The van der Waals surface area contributed by atoms with Gasteiger partial charge < -0.3 is 0 Å². The average Bonchev–Trinajstić information content (AvgIpc) is 3.61. The van der Waals surface area contributed by atoms with E-state index in [1.165, 1.54) is 59.5 Å². The van der Waals surface area contributed by atoms with E-state index in [-0.39, 0.29) is 0 Å². The van der Waals surface area contributed by atoms with E-state index < -0.39 is 15.4 Å². The van der Waals surface area contributed by atoms with Gasteiger partial charge in [0, 0.05) is 26.5 Å². The molecule has 0 unspecified atom stereocenters. The molecule has 0 amide bonds. The molecule has 3 heteroatoms. The van der Waals surface area contributed by atoms with Crippen LogP contribution < -0.4 is 0 Å². The van der Waals surface area contributed by atoms with Crippen LogP contribution in [0, 0.1) is 0 Å². The van der Waals surface area contributed by atoms with Crippen molar-refractivity contribution in [3.8, 4) is 45.0 Å². The van der Waals surface area contributed by atoms with Crippen LogP contribution >= 0.6 is 10.0 Å². The molecule has 10 rings (SSSR count). The normalized spacial score (nSPS) is 15.2. The summed E-state index contributed by atoms with van der Waals surface area (Å²) in [4.78, 5) is 13.7. The van der Waals surface area contributed by atoms with Crippen molar-refractivity contribution in [2.75, 3.05) is 12.5 Å². The zero-order valence-electron chi connectivity index (χ0n) is 28.0. The smallest absolute Gasteiger partial charge is 0.160 e. The van der Waals surface area contributed by atoms with Gasteiger partial charge in [-0.05, 0) is 62.7 Å². The Hall–Kier alpha value is -5.77. The summed E-state index contributed by atoms with van der Waals surface area (Å²) in [5.74, 6) is 0.753. The molecule has 0 bridgehead atoms. The standard InChI is InChI=1S/C47H34N2S/c1-50(2)44-36-23-10-9-16-31(36)28-29-39(44)43-45(50)42(32-17-5-3-6-18-32)48-46(49-43)33-19-15-22-35(30-33)47(34-20-7-4-8-21-34)40-26-13-11-24-37(40)38-25-12-14-27-41(38)47/h3-30H,1-2H3. The Balaban J connectivity index is 1.25. The molecule has 0 fully saturated rings. The van der Waals surface area contributed by atoms with Gasteiger partial charge in [0.15, 0.2) is 5.82 Å². The van der Waals surface area contributed by atoms with Gasteiger partial charge in [0.2, 0.25) is 0 Å². The maximum absolute atomic E-state index is 5.52. The number of rotatable bonds is 4. The van der Waals surface area contributed by atoms with Crippen molar-refractivity contribution >= 4 is 20.8 Å². The van der Waals surface area contributed by atoms with E-state index in [0.29, 0.717) is 0 Å². The highest BCUT2D eigenvalue weighted by Crippen LogP contribution is 2.70. The van der Waals surface area contributed by atoms with Gasteiger partial charge >= 0.3 is 0 Å². The first-order valence-corrected chi connectivity index (χ1v) is 19.6. The van der Waals surface area contributed by atoms with Crippen LogP contribution in [0.2, 0.25) is 0 Å². The first kappa shape index (κ1) is 29.2. The summed E-state index contributed by atoms with van der Waals surface area (Å²) < 4.78 is 0. The van der Waals surface area contributed by atoms with Crippen molar-refractivity contribution in [3.05, 3.63) is 192 Å². The number of fused-ring (bicyclic) bond motifs is 8. The van der Waals surface area contributed by atoms with E-state index in [9.17, 15) is 0 Å². The van der Waals surface area contributed by atoms with Crippen molar-refractivity contribution in [2.45, 2.75) is 15.2 Å². The SMILES string of the molecule is CS1(C)c2c(-c3ccccc3)nc(-c3cccc(C4(c5ccccc5)c5ccccc5-c5ccccc54)c3)nc2-c2ccc3ccccc3c21. The minimum absolute atomic E-state index is 0.485. The van der Waals surface area contributed by atoms with Crippen molar-refractivity contribution < 1.29 is 0 Å². The molecular weight excluding hydrogens is 625 g/mol. The lowest BCUT2D eigenvalue weighted by Crippen LogP contribution is -2.28. The Morgan fingerprint density at radius 2 is 1.02 bits per heavy atom. The van der Waals surface area contributed by atoms with Gasteiger partial charge in [-0.3, -0.25) is 0 Å². The largest absolute Gasteiger partial charge is 0.227 e. The van der Waals surface area contributed by atoms with Gasteiger partial charge in [0.1, 0.15) is 0 Å². The van der Waals surface area contributed by atoms with Crippen molar-refractivity contribution in [1.29, 1.82) is 0 Å². The molecule has 1 aromatic heterocycles. The third kappa shape index (κ3) is 3.98. The van der Waals surface area contributed by atoms with Crippen LogP contribution in [0.1, 0.15) is 22.3 Å². The van der Waals surface area contributed by atoms with E-state index in [1.54, 1.807) is 0 Å². The molecule has 8 aromatic rings. The van der Waals surface area contributed by atoms with Crippen LogP contribution in [0.4, 0.5) is 0 Å². The van der Waals surface area contributed by atoms with Gasteiger partial charge in [0.25, 0.3) is 0 Å². The van der Waals surface area contributed by atoms with E-state index in [4.69, 9.17) is 9.97 Å². The van der Waals surface area contributed by atoms with Crippen LogP contribution in [0.15, 0.2) is 180 Å². The maximum Gasteiger partial charge on any atom is 0.160 e. The third-order valence-corrected chi connectivity index (χ3v) is 13.6. The minimum Gasteiger partial charge on any atom is -0.227 e. The zero-order valence-corrected chi connectivity index (χ0v) is 28.8. The second-order valence-electron chi connectivity index (χ2n) is 13.7. The highest BCUT2D eigenvalue weighted by atomic mass is 32.3. The topological polar surface area (TPSA) is 25.8 Å². The average molecular weight is 659 g/mol. The predicted octanol–water partition coefficient (Wildman–Crippen LogP) is 11.8. The monoisotopic (exact) mass is 658 g/mol. The molecule has 0 spiro atoms. The molecule has 1 aliphatic carbocycles. The molecular formula is C47H34N2S. The Bertz CT molecular complexity index is 2580. The van der Waals surface area contributed by atoms with Gasteiger partial charge in [0.05, 0.1) is 16.8 Å². The second kappa shape index (κ2) is 10.9. The fourth-order valence-electron chi connectivity index (χ4n) is 8.72. The summed E-state index contributed by atoms with van der Waals surface area (Å²) in [6, 6.07) is 61.8. The highest BCUT2D eigenvalue weighted by molar-refractivity contribution is 8.33. The molecule has 2 nitrogen and oxygen atoms in total. The molecule has 0 radical (unpaired) electrons. The summed E-state index contributed by atoms with van der Waals surface area (Å²) in [5.41, 5.74) is 12.6. The zero-order chi connectivity index (χ0) is 33.5. The lowest BCUT2D eigenvalue weighted by molar-refractivity contribution is 0.768. The van der Waals surface area contributed by atoms with E-state index in [2.05, 4.69) is 182 Å². The van der Waals surface area contributed by atoms with Gasteiger partial charge in [-0.1, -0.05) is 164 Å². The predicted molar refractivity (Wildman–Crippen MR) is 209 cm³/mol. The second-order valence-corrected chi connectivity index (χ2v) is 17.2. The lowest BCUT2D eigenvalue weighted by Gasteiger charge is -2.34. The number of nitrogens with zero attached hydrogens (tertiary/aromatic N) is 2. The van der Waals surface area contributed by atoms with E-state index >= 15 is 0 Å². The van der Waals surface area contributed by atoms with Gasteiger partial charge in [-0.15, -0.1) is 0 Å². The quantitative estimate of drug-likeness (QED) is 0.188. The molecule has 0 atom stereocenters. The maximum atomic E-state index is 5.52. The summed E-state index contributed by atoms with van der Waals surface area (Å²) in [5, 5.41) is 2.58. The summed E-state index contributed by atoms with van der Waals surface area (Å²) in [6.07, 6.45) is 4.83. The summed E-state index contributed by atoms with van der Waals surface area (Å²) >= 11 is 0. The van der Waals surface area contributed by atoms with Crippen LogP contribution in [0.25, 0.3) is 55.8 Å². The summed E-state index contributed by atoms with van der Waals surface area (Å²) in [7, 11) is -1.43. The van der Waals surface area contributed by atoms with Crippen LogP contribution in [0.5, 0.6) is 0 Å². The molecule has 0 N–H and O–H groups in total. The molecule has 0 saturated carbocycles. The molecule has 238 valence electrons. The van der Waals surface area contributed by atoms with Crippen molar-refractivity contribution in [2.24, 2.45) is 0 Å². The van der Waals surface area contributed by atoms with Crippen LogP contribution in [-0.4, -0.2) is 22.5 Å². The number of benzene rings is 7. The van der Waals surface area contributed by atoms with Crippen LogP contribution in [-0.2, 0) is 5.41 Å². The summed E-state index contributed by atoms with van der Waals surface area (Å²) in [6.45, 7) is 0. The molecule has 7 aromatic carbocycles. The Labute approximate surface area is 294 Å². The first-order chi connectivity index (χ1) is 24.6. The third-order valence-electron chi connectivity index (χ3n) is 10.8. The minimum atomic E-state index is -1.43. The highest BCUT2D eigenvalue weighted by Gasteiger charge is 2.46. The number of hydrogen-bond donors (Lipinski definition) is 0. The van der Waals surface area contributed by atoms with Gasteiger partial charge in [-0.2, -0.15) is 10.0 Å². The molecule has 0 saturated heterocycles. The Morgan fingerprint density at radius 3 is 1.76 bits per heavy atom. The fourth-order valence-corrected chi connectivity index (χ4v) is 11.7. The molecule has 2 aliphatic rings. The van der Waals surface area contributed by atoms with Crippen molar-refractivity contribution in [1.82, 2.24) is 9.97 Å². The Morgan fingerprint density at radius 1 is 0.440 bits per heavy atom. The lowest BCUT2D eigenvalue weighted by atomic mass is 9.67. The molecule has 2 heterocycles. The molecule has 1 aliphatic heterocycles. The Kier molecular flexibility index (Phi) is 6.34. The number of aromatic nitrogens is 2. The van der Waals surface area contributed by atoms with Crippen LogP contribution in [0.3, 0.4) is 0 Å². The van der Waals surface area contributed by atoms with Gasteiger partial charge in [-0.25, -0.2) is 9.97 Å².